The molecule has 23 heavy (non-hydrogen) atoms. The Hall–Kier alpha value is -2.74. The number of nitrogens with zero attached hydrogens (tertiary/aromatic N) is 1. The number of carbonyl (C=O) groups is 1. The SMILES string of the molecule is CS(=O)(=O)Nc1ccc(F)c(C(=O)c2c[nH]c3ncccc23)c1. The molecule has 0 amide bonds. The van der Waals surface area contributed by atoms with E-state index in [1.807, 2.05) is 0 Å². The lowest BCUT2D eigenvalue weighted by Crippen LogP contribution is -2.11. The number of pyridine rings is 1. The molecule has 0 aliphatic rings. The van der Waals surface area contributed by atoms with Crippen LogP contribution in [0.1, 0.15) is 15.9 Å². The van der Waals surface area contributed by atoms with Gasteiger partial charge in [0.15, 0.2) is 5.78 Å². The van der Waals surface area contributed by atoms with E-state index >= 15 is 0 Å². The van der Waals surface area contributed by atoms with E-state index in [1.165, 1.54) is 18.3 Å². The predicted octanol–water partition coefficient (Wildman–Crippen LogP) is 2.30. The van der Waals surface area contributed by atoms with Crippen molar-refractivity contribution in [1.82, 2.24) is 9.97 Å². The first-order chi connectivity index (χ1) is 10.8. The molecule has 2 N–H and O–H groups in total. The van der Waals surface area contributed by atoms with Crippen LogP contribution in [0.4, 0.5) is 10.1 Å². The number of aromatic amines is 1. The minimum Gasteiger partial charge on any atom is -0.345 e. The first-order valence-corrected chi connectivity index (χ1v) is 8.48. The Morgan fingerprint density at radius 2 is 2.04 bits per heavy atom. The van der Waals surface area contributed by atoms with E-state index in [2.05, 4.69) is 14.7 Å². The van der Waals surface area contributed by atoms with Crippen molar-refractivity contribution in [2.75, 3.05) is 11.0 Å². The number of fused-ring (bicyclic) bond motifs is 1. The number of halogens is 1. The Morgan fingerprint density at radius 1 is 1.26 bits per heavy atom. The lowest BCUT2D eigenvalue weighted by atomic mass is 10.0. The number of rotatable bonds is 4. The molecule has 0 saturated heterocycles. The highest BCUT2D eigenvalue weighted by Crippen LogP contribution is 2.23. The van der Waals surface area contributed by atoms with Crippen LogP contribution in [0.25, 0.3) is 11.0 Å². The molecule has 2 heterocycles. The zero-order chi connectivity index (χ0) is 16.6. The normalized spacial score (nSPS) is 11.6. The Labute approximate surface area is 131 Å². The fourth-order valence-corrected chi connectivity index (χ4v) is 2.82. The third kappa shape index (κ3) is 3.07. The minimum atomic E-state index is -3.52. The highest BCUT2D eigenvalue weighted by Gasteiger charge is 2.19. The molecule has 2 aromatic heterocycles. The van der Waals surface area contributed by atoms with Gasteiger partial charge < -0.3 is 4.98 Å². The smallest absolute Gasteiger partial charge is 0.229 e. The van der Waals surface area contributed by atoms with E-state index in [1.54, 1.807) is 18.3 Å². The predicted molar refractivity (Wildman–Crippen MR) is 84.4 cm³/mol. The van der Waals surface area contributed by atoms with E-state index < -0.39 is 21.6 Å². The summed E-state index contributed by atoms with van der Waals surface area (Å²) in [6, 6.07) is 6.85. The van der Waals surface area contributed by atoms with Crippen molar-refractivity contribution >= 4 is 32.5 Å². The molecule has 3 aromatic rings. The van der Waals surface area contributed by atoms with Gasteiger partial charge in [-0.05, 0) is 30.3 Å². The quantitative estimate of drug-likeness (QED) is 0.717. The molecule has 118 valence electrons. The second-order valence-electron chi connectivity index (χ2n) is 5.00. The molecule has 6 nitrogen and oxygen atoms in total. The lowest BCUT2D eigenvalue weighted by molar-refractivity contribution is 0.103. The Morgan fingerprint density at radius 3 is 2.78 bits per heavy atom. The van der Waals surface area contributed by atoms with Gasteiger partial charge in [-0.15, -0.1) is 0 Å². The van der Waals surface area contributed by atoms with E-state index in [9.17, 15) is 17.6 Å². The van der Waals surface area contributed by atoms with Gasteiger partial charge in [0.05, 0.1) is 11.8 Å². The van der Waals surface area contributed by atoms with Gasteiger partial charge in [0.2, 0.25) is 10.0 Å². The van der Waals surface area contributed by atoms with Crippen LogP contribution in [0.2, 0.25) is 0 Å². The molecule has 8 heteroatoms. The molecule has 0 spiro atoms. The molecular formula is C15H12FN3O3S. The maximum absolute atomic E-state index is 14.0. The summed E-state index contributed by atoms with van der Waals surface area (Å²) in [5.74, 6) is -1.29. The zero-order valence-corrected chi connectivity index (χ0v) is 12.8. The number of sulfonamides is 1. The maximum Gasteiger partial charge on any atom is 0.229 e. The average Bonchev–Trinajstić information content (AvgIpc) is 2.91. The highest BCUT2D eigenvalue weighted by atomic mass is 32.2. The molecule has 0 radical (unpaired) electrons. The average molecular weight is 333 g/mol. The van der Waals surface area contributed by atoms with Crippen LogP contribution < -0.4 is 4.72 Å². The van der Waals surface area contributed by atoms with Gasteiger partial charge in [-0.25, -0.2) is 17.8 Å². The summed E-state index contributed by atoms with van der Waals surface area (Å²) in [7, 11) is -3.52. The summed E-state index contributed by atoms with van der Waals surface area (Å²) in [4.78, 5) is 19.5. The number of carbonyl (C=O) groups excluding carboxylic acids is 1. The number of anilines is 1. The van der Waals surface area contributed by atoms with Crippen molar-refractivity contribution in [2.45, 2.75) is 0 Å². The Kier molecular flexibility index (Phi) is 3.61. The van der Waals surface area contributed by atoms with Gasteiger partial charge in [-0.2, -0.15) is 0 Å². The van der Waals surface area contributed by atoms with Gasteiger partial charge >= 0.3 is 0 Å². The summed E-state index contributed by atoms with van der Waals surface area (Å²) in [5.41, 5.74) is 0.684. The van der Waals surface area contributed by atoms with Crippen LogP contribution >= 0.6 is 0 Å². The van der Waals surface area contributed by atoms with Crippen LogP contribution in [-0.2, 0) is 10.0 Å². The van der Waals surface area contributed by atoms with Crippen molar-refractivity contribution in [3.05, 3.63) is 59.7 Å². The lowest BCUT2D eigenvalue weighted by Gasteiger charge is -2.07. The topological polar surface area (TPSA) is 91.9 Å². The van der Waals surface area contributed by atoms with Crippen molar-refractivity contribution < 1.29 is 17.6 Å². The number of hydrogen-bond donors (Lipinski definition) is 2. The van der Waals surface area contributed by atoms with Crippen LogP contribution in [0, 0.1) is 5.82 Å². The summed E-state index contributed by atoms with van der Waals surface area (Å²) in [6.07, 6.45) is 4.00. The summed E-state index contributed by atoms with van der Waals surface area (Å²) < 4.78 is 38.8. The molecule has 0 unspecified atom stereocenters. The minimum absolute atomic E-state index is 0.121. The number of benzene rings is 1. The number of ketones is 1. The van der Waals surface area contributed by atoms with Gasteiger partial charge in [0.1, 0.15) is 11.5 Å². The number of hydrogen-bond acceptors (Lipinski definition) is 4. The second kappa shape index (κ2) is 5.47. The van der Waals surface area contributed by atoms with Gasteiger partial charge in [-0.1, -0.05) is 0 Å². The van der Waals surface area contributed by atoms with Gasteiger partial charge in [0, 0.05) is 29.0 Å². The molecule has 0 aliphatic carbocycles. The zero-order valence-electron chi connectivity index (χ0n) is 12.0. The van der Waals surface area contributed by atoms with Crippen LogP contribution in [0.5, 0.6) is 0 Å². The standard InChI is InChI=1S/C15H12FN3O3S/c1-23(21,22)19-9-4-5-13(16)11(7-9)14(20)12-8-18-15-10(12)3-2-6-17-15/h2-8,19H,1H3,(H,17,18). The van der Waals surface area contributed by atoms with Crippen LogP contribution in [0.15, 0.2) is 42.7 Å². The van der Waals surface area contributed by atoms with Crippen molar-refractivity contribution in [1.29, 1.82) is 0 Å². The number of nitrogens with one attached hydrogen (secondary N) is 2. The molecular weight excluding hydrogens is 321 g/mol. The van der Waals surface area contributed by atoms with Crippen molar-refractivity contribution in [3.63, 3.8) is 0 Å². The maximum atomic E-state index is 14.0. The second-order valence-corrected chi connectivity index (χ2v) is 6.75. The van der Waals surface area contributed by atoms with Gasteiger partial charge in [-0.3, -0.25) is 9.52 Å². The first kappa shape index (κ1) is 15.2. The molecule has 0 saturated carbocycles. The fraction of sp³-hybridized carbons (Fsp3) is 0.0667. The number of H-pyrrole nitrogens is 1. The summed E-state index contributed by atoms with van der Waals surface area (Å²) >= 11 is 0. The molecule has 0 fully saturated rings. The third-order valence-corrected chi connectivity index (χ3v) is 3.82. The molecule has 0 aliphatic heterocycles. The fourth-order valence-electron chi connectivity index (χ4n) is 2.27. The molecule has 1 aromatic carbocycles. The summed E-state index contributed by atoms with van der Waals surface area (Å²) in [5, 5.41) is 0.568. The molecule has 0 bridgehead atoms. The summed E-state index contributed by atoms with van der Waals surface area (Å²) in [6.45, 7) is 0. The van der Waals surface area contributed by atoms with E-state index in [0.717, 1.165) is 12.3 Å². The monoisotopic (exact) mass is 333 g/mol. The van der Waals surface area contributed by atoms with Crippen LogP contribution in [0.3, 0.4) is 0 Å². The Balaban J connectivity index is 2.07. The van der Waals surface area contributed by atoms with Gasteiger partial charge in [0.25, 0.3) is 0 Å². The van der Waals surface area contributed by atoms with E-state index in [-0.39, 0.29) is 16.8 Å². The van der Waals surface area contributed by atoms with E-state index in [4.69, 9.17) is 0 Å². The molecule has 0 atom stereocenters. The molecule has 3 rings (SSSR count). The third-order valence-electron chi connectivity index (χ3n) is 3.21. The van der Waals surface area contributed by atoms with Crippen LogP contribution in [-0.4, -0.2) is 30.4 Å². The number of aromatic nitrogens is 2. The Bertz CT molecular complexity index is 1010. The first-order valence-electron chi connectivity index (χ1n) is 6.59. The van der Waals surface area contributed by atoms with Crippen molar-refractivity contribution in [2.24, 2.45) is 0 Å². The largest absolute Gasteiger partial charge is 0.345 e. The van der Waals surface area contributed by atoms with E-state index in [0.29, 0.717) is 11.0 Å². The highest BCUT2D eigenvalue weighted by molar-refractivity contribution is 7.92. The van der Waals surface area contributed by atoms with Crippen molar-refractivity contribution in [3.8, 4) is 0 Å².